The molecule has 40 heavy (non-hydrogen) atoms. The zero-order valence-corrected chi connectivity index (χ0v) is 23.4. The number of thiazole rings is 1. The number of nitrogens with zero attached hydrogens (tertiary/aromatic N) is 5. The van der Waals surface area contributed by atoms with Crippen LogP contribution in [0.25, 0.3) is 0 Å². The van der Waals surface area contributed by atoms with Crippen LogP contribution in [0.3, 0.4) is 0 Å². The number of amides is 2. The molecule has 0 saturated carbocycles. The Morgan fingerprint density at radius 1 is 1.35 bits per heavy atom. The van der Waals surface area contributed by atoms with Gasteiger partial charge in [0.05, 0.1) is 18.0 Å². The van der Waals surface area contributed by atoms with Crippen molar-refractivity contribution in [3.05, 3.63) is 48.9 Å². The predicted octanol–water partition coefficient (Wildman–Crippen LogP) is -1.49. The van der Waals surface area contributed by atoms with Crippen LogP contribution in [0, 0.1) is 0 Å². The number of aromatic nitrogens is 4. The van der Waals surface area contributed by atoms with Gasteiger partial charge in [-0.1, -0.05) is 17.4 Å². The van der Waals surface area contributed by atoms with Crippen LogP contribution in [0.5, 0.6) is 0 Å². The van der Waals surface area contributed by atoms with Crippen molar-refractivity contribution in [1.29, 1.82) is 0 Å². The van der Waals surface area contributed by atoms with Crippen molar-refractivity contribution < 1.29 is 29.1 Å². The van der Waals surface area contributed by atoms with E-state index >= 15 is 0 Å². The molecule has 2 unspecified atom stereocenters. The number of nitrogens with two attached hydrogens (primary N) is 1. The fraction of sp³-hybridized carbons (Fsp3) is 0.381. The molecule has 0 aliphatic carbocycles. The maximum absolute atomic E-state index is 13.1. The molecular formula is C21H22N8O8S3. The molecule has 2 amide bonds. The average molecular weight is 611 g/mol. The van der Waals surface area contributed by atoms with Gasteiger partial charge in [0.2, 0.25) is 0 Å². The van der Waals surface area contributed by atoms with Crippen molar-refractivity contribution in [2.24, 2.45) is 5.16 Å². The summed E-state index contributed by atoms with van der Waals surface area (Å²) in [6.45, 7) is 0.0978. The van der Waals surface area contributed by atoms with Gasteiger partial charge in [0.15, 0.2) is 16.7 Å². The summed E-state index contributed by atoms with van der Waals surface area (Å²) in [6, 6.07) is -1.04. The van der Waals surface area contributed by atoms with E-state index in [0.29, 0.717) is 5.57 Å². The molecule has 4 heterocycles. The number of aromatic amines is 1. The molecular weight excluding hydrogens is 588 g/mol. The van der Waals surface area contributed by atoms with Crippen LogP contribution < -0.4 is 22.2 Å². The first kappa shape index (κ1) is 29.1. The molecule has 2 aromatic rings. The van der Waals surface area contributed by atoms with Crippen molar-refractivity contribution in [1.82, 2.24) is 30.0 Å². The number of anilines is 1. The van der Waals surface area contributed by atoms with E-state index in [2.05, 4.69) is 25.7 Å². The molecule has 0 radical (unpaired) electrons. The lowest BCUT2D eigenvalue weighted by atomic mass is 10.00. The molecule has 2 aromatic heterocycles. The highest BCUT2D eigenvalue weighted by atomic mass is 32.2. The molecule has 2 atom stereocenters. The molecule has 0 bridgehead atoms. The number of thiocarbonyl (C=S) groups is 1. The number of carbonyl (C=O) groups excluding carboxylic acids is 2. The van der Waals surface area contributed by atoms with Gasteiger partial charge >= 0.3 is 17.1 Å². The quantitative estimate of drug-likeness (QED) is 0.0569. The van der Waals surface area contributed by atoms with Gasteiger partial charge in [0.1, 0.15) is 29.9 Å². The number of nitrogen functional groups attached to an aromatic ring is 1. The van der Waals surface area contributed by atoms with Crippen molar-refractivity contribution in [2.45, 2.75) is 24.4 Å². The molecule has 2 aliphatic heterocycles. The molecule has 4 rings (SSSR count). The molecule has 19 heteroatoms. The lowest BCUT2D eigenvalue weighted by Crippen LogP contribution is -2.71. The second kappa shape index (κ2) is 12.1. The molecule has 16 nitrogen and oxygen atoms in total. The summed E-state index contributed by atoms with van der Waals surface area (Å²) in [5.41, 5.74) is 3.78. The van der Waals surface area contributed by atoms with Crippen LogP contribution in [-0.4, -0.2) is 96.1 Å². The first-order valence-electron chi connectivity index (χ1n) is 11.3. The number of ether oxygens (including phenoxy) is 1. The van der Waals surface area contributed by atoms with Crippen LogP contribution in [0.1, 0.15) is 17.9 Å². The van der Waals surface area contributed by atoms with E-state index in [4.69, 9.17) is 27.5 Å². The van der Waals surface area contributed by atoms with Crippen LogP contribution in [-0.2, 0) is 30.5 Å². The summed E-state index contributed by atoms with van der Waals surface area (Å²) in [4.78, 5) is 72.3. The Bertz CT molecular complexity index is 1560. The van der Waals surface area contributed by atoms with Gasteiger partial charge in [-0.25, -0.2) is 14.9 Å². The Kier molecular flexibility index (Phi) is 8.76. The van der Waals surface area contributed by atoms with E-state index in [9.17, 15) is 29.1 Å². The Morgan fingerprint density at radius 3 is 2.73 bits per heavy atom. The fourth-order valence-electron chi connectivity index (χ4n) is 4.03. The maximum atomic E-state index is 13.1. The number of carbonyl (C=O) groups is 3. The number of rotatable bonds is 11. The topological polar surface area (TPSA) is 224 Å². The molecule has 212 valence electrons. The van der Waals surface area contributed by atoms with Crippen LogP contribution in [0.2, 0.25) is 0 Å². The van der Waals surface area contributed by atoms with Gasteiger partial charge in [-0.2, -0.15) is 5.10 Å². The lowest BCUT2D eigenvalue weighted by Gasteiger charge is -2.49. The van der Waals surface area contributed by atoms with E-state index in [1.54, 1.807) is 0 Å². The fourth-order valence-corrected chi connectivity index (χ4v) is 6.25. The number of β-lactam (4-membered cyclic amide) rings is 1. The molecule has 5 N–H and O–H groups in total. The van der Waals surface area contributed by atoms with Gasteiger partial charge in [0, 0.05) is 24.7 Å². The van der Waals surface area contributed by atoms with Crippen LogP contribution in [0.15, 0.2) is 31.4 Å². The molecule has 2 aliphatic rings. The second-order valence-corrected chi connectivity index (χ2v) is 10.7. The van der Waals surface area contributed by atoms with E-state index in [0.717, 1.165) is 20.8 Å². The molecule has 1 saturated heterocycles. The third-order valence-electron chi connectivity index (χ3n) is 5.80. The summed E-state index contributed by atoms with van der Waals surface area (Å²) in [5.74, 6) is -2.65. The summed E-state index contributed by atoms with van der Waals surface area (Å²) in [6.07, 6.45) is -0.126. The molecule has 0 spiro atoms. The molecule has 0 aromatic carbocycles. The zero-order chi connectivity index (χ0) is 29.1. The summed E-state index contributed by atoms with van der Waals surface area (Å²) >= 11 is 7.77. The number of aliphatic carboxylic acids is 1. The van der Waals surface area contributed by atoms with Crippen LogP contribution in [0.4, 0.5) is 5.13 Å². The average Bonchev–Trinajstić information content (AvgIpc) is 3.35. The summed E-state index contributed by atoms with van der Waals surface area (Å²) in [5, 5.41) is 23.2. The van der Waals surface area contributed by atoms with Crippen molar-refractivity contribution >= 4 is 68.8 Å². The van der Waals surface area contributed by atoms with Crippen LogP contribution >= 0.6 is 35.3 Å². The van der Waals surface area contributed by atoms with E-state index in [1.165, 1.54) is 31.4 Å². The van der Waals surface area contributed by atoms with E-state index in [-0.39, 0.29) is 58.2 Å². The van der Waals surface area contributed by atoms with Crippen molar-refractivity contribution in [2.75, 3.05) is 32.3 Å². The monoisotopic (exact) mass is 610 g/mol. The SMILES string of the molecule is COCCn1c(C(=S)CC2=C(C(=O)O)N3C(=O)C(NC(=O)C(=NOC)c4csc(N)n4)C3SC2)n[nH]c(=O)c1=O. The van der Waals surface area contributed by atoms with Gasteiger partial charge in [0.25, 0.3) is 11.8 Å². The number of hydrogen-bond acceptors (Lipinski definition) is 14. The van der Waals surface area contributed by atoms with Crippen molar-refractivity contribution in [3.8, 4) is 0 Å². The minimum Gasteiger partial charge on any atom is -0.477 e. The standard InChI is InChI=1S/C21H22N8O8S3/c1-36-4-3-28-14(25-26-16(31)18(28)33)10(38)5-8-6-39-19-12(17(32)29(19)13(8)20(34)35)24-15(30)11(27-37-2)9-7-40-21(22)23-9/h7,12,19H,3-6H2,1-2H3,(H2,22,23)(H,24,30)(H,26,31)(H,34,35). The lowest BCUT2D eigenvalue weighted by molar-refractivity contribution is -0.150. The number of nitrogens with one attached hydrogen (secondary N) is 2. The van der Waals surface area contributed by atoms with Gasteiger partial charge in [-0.05, 0) is 5.57 Å². The number of carboxylic acid groups (broad SMARTS) is 1. The number of fused-ring (bicyclic) bond motifs is 1. The normalized spacial score (nSPS) is 18.7. The number of oxime groups is 1. The first-order chi connectivity index (χ1) is 19.1. The first-order valence-corrected chi connectivity index (χ1v) is 13.7. The zero-order valence-electron chi connectivity index (χ0n) is 20.9. The van der Waals surface area contributed by atoms with E-state index < -0.39 is 40.3 Å². The summed E-state index contributed by atoms with van der Waals surface area (Å²) < 4.78 is 6.04. The van der Waals surface area contributed by atoms with Gasteiger partial charge in [-0.15, -0.1) is 23.1 Å². The number of carboxylic acids is 1. The minimum absolute atomic E-state index is 0.00275. The van der Waals surface area contributed by atoms with Gasteiger partial charge < -0.3 is 25.7 Å². The Hall–Kier alpha value is -3.94. The number of hydrogen-bond donors (Lipinski definition) is 4. The maximum Gasteiger partial charge on any atom is 0.352 e. The van der Waals surface area contributed by atoms with Gasteiger partial charge in [-0.3, -0.25) is 28.6 Å². The van der Waals surface area contributed by atoms with Crippen molar-refractivity contribution in [3.63, 3.8) is 0 Å². The number of H-pyrrole nitrogens is 1. The Balaban J connectivity index is 1.56. The summed E-state index contributed by atoms with van der Waals surface area (Å²) in [7, 11) is 2.66. The predicted molar refractivity (Wildman–Crippen MR) is 147 cm³/mol. The molecule has 1 fully saturated rings. The van der Waals surface area contributed by atoms with E-state index in [1.807, 2.05) is 0 Å². The highest BCUT2D eigenvalue weighted by Gasteiger charge is 2.54. The number of thioether (sulfide) groups is 1. The largest absolute Gasteiger partial charge is 0.477 e. The highest BCUT2D eigenvalue weighted by Crippen LogP contribution is 2.41. The number of methoxy groups -OCH3 is 1. The Labute approximate surface area is 238 Å². The highest BCUT2D eigenvalue weighted by molar-refractivity contribution is 8.00. The Morgan fingerprint density at radius 2 is 2.10 bits per heavy atom. The smallest absolute Gasteiger partial charge is 0.352 e. The second-order valence-electron chi connectivity index (χ2n) is 8.24. The third kappa shape index (κ3) is 5.53. The minimum atomic E-state index is -1.37. The third-order valence-corrected chi connectivity index (χ3v) is 8.14.